The van der Waals surface area contributed by atoms with E-state index in [0.717, 1.165) is 0 Å². The smallest absolute Gasteiger partial charge is 0.265 e. The molecular formula is C12H10BrFIN3O2S. The lowest BCUT2D eigenvalue weighted by atomic mass is 10.3. The first kappa shape index (κ1) is 16.4. The van der Waals surface area contributed by atoms with Gasteiger partial charge in [0.2, 0.25) is 0 Å². The molecule has 0 saturated carbocycles. The Hall–Kier alpha value is -0.940. The summed E-state index contributed by atoms with van der Waals surface area (Å²) in [5.74, 6) is -0.204. The van der Waals surface area contributed by atoms with Crippen LogP contribution < -0.4 is 10.0 Å². The largest absolute Gasteiger partial charge is 0.372 e. The van der Waals surface area contributed by atoms with Crippen molar-refractivity contribution in [2.24, 2.45) is 0 Å². The minimum atomic E-state index is -3.85. The molecule has 0 radical (unpaired) electrons. The second-order valence-corrected chi connectivity index (χ2v) is 7.71. The van der Waals surface area contributed by atoms with Gasteiger partial charge in [-0.1, -0.05) is 0 Å². The van der Waals surface area contributed by atoms with E-state index in [-0.39, 0.29) is 10.7 Å². The van der Waals surface area contributed by atoms with Crippen molar-refractivity contribution in [3.05, 3.63) is 44.3 Å². The molecule has 0 unspecified atom stereocenters. The van der Waals surface area contributed by atoms with Crippen LogP contribution in [0.5, 0.6) is 0 Å². The lowest BCUT2D eigenvalue weighted by molar-refractivity contribution is 0.600. The Morgan fingerprint density at radius 3 is 2.67 bits per heavy atom. The van der Waals surface area contributed by atoms with E-state index in [9.17, 15) is 12.8 Å². The molecular weight excluding hydrogens is 476 g/mol. The minimum Gasteiger partial charge on any atom is -0.372 e. The number of hydrogen-bond acceptors (Lipinski definition) is 4. The molecule has 9 heteroatoms. The molecule has 0 aliphatic heterocycles. The highest BCUT2D eigenvalue weighted by atomic mass is 127. The van der Waals surface area contributed by atoms with Gasteiger partial charge in [-0.3, -0.25) is 4.72 Å². The third-order valence-corrected chi connectivity index (χ3v) is 5.23. The highest BCUT2D eigenvalue weighted by molar-refractivity contribution is 14.1. The van der Waals surface area contributed by atoms with Crippen LogP contribution in [0.4, 0.5) is 15.9 Å². The van der Waals surface area contributed by atoms with Crippen LogP contribution in [0, 0.1) is 9.39 Å². The molecule has 1 aromatic carbocycles. The average Bonchev–Trinajstić information content (AvgIpc) is 2.42. The van der Waals surface area contributed by atoms with E-state index in [1.165, 1.54) is 30.5 Å². The maximum Gasteiger partial charge on any atom is 0.265 e. The molecule has 0 fully saturated rings. The summed E-state index contributed by atoms with van der Waals surface area (Å²) >= 11 is 5.06. The van der Waals surface area contributed by atoms with Gasteiger partial charge in [0.15, 0.2) is 0 Å². The van der Waals surface area contributed by atoms with Crippen molar-refractivity contribution in [2.75, 3.05) is 17.1 Å². The van der Waals surface area contributed by atoms with Gasteiger partial charge in [-0.15, -0.1) is 0 Å². The fraction of sp³-hybridized carbons (Fsp3) is 0.0833. The van der Waals surface area contributed by atoms with E-state index < -0.39 is 15.8 Å². The van der Waals surface area contributed by atoms with E-state index in [0.29, 0.717) is 13.7 Å². The Kier molecular flexibility index (Phi) is 5.04. The molecule has 0 saturated heterocycles. The van der Waals surface area contributed by atoms with E-state index in [1.54, 1.807) is 7.05 Å². The SMILES string of the molecule is CNc1ncc(Br)cc1S(=O)(=O)Nc1ccc(F)cc1I. The van der Waals surface area contributed by atoms with Crippen molar-refractivity contribution in [1.29, 1.82) is 0 Å². The monoisotopic (exact) mass is 485 g/mol. The summed E-state index contributed by atoms with van der Waals surface area (Å²) < 4.78 is 41.4. The third-order valence-electron chi connectivity index (χ3n) is 2.52. The highest BCUT2D eigenvalue weighted by Crippen LogP contribution is 2.27. The first-order chi connectivity index (χ1) is 9.83. The topological polar surface area (TPSA) is 71.1 Å². The van der Waals surface area contributed by atoms with Gasteiger partial charge in [0, 0.05) is 21.3 Å². The number of anilines is 2. The maximum absolute atomic E-state index is 13.1. The van der Waals surface area contributed by atoms with Crippen molar-refractivity contribution < 1.29 is 12.8 Å². The number of nitrogens with zero attached hydrogens (tertiary/aromatic N) is 1. The summed E-state index contributed by atoms with van der Waals surface area (Å²) in [5, 5.41) is 2.73. The Morgan fingerprint density at radius 2 is 2.05 bits per heavy atom. The summed E-state index contributed by atoms with van der Waals surface area (Å²) in [6.45, 7) is 0. The first-order valence-corrected chi connectivity index (χ1v) is 9.00. The fourth-order valence-corrected chi connectivity index (χ4v) is 4.13. The Labute approximate surface area is 143 Å². The summed E-state index contributed by atoms with van der Waals surface area (Å²) in [7, 11) is -2.27. The zero-order chi connectivity index (χ0) is 15.6. The minimum absolute atomic E-state index is 0.000463. The van der Waals surface area contributed by atoms with Gasteiger partial charge < -0.3 is 5.32 Å². The average molecular weight is 486 g/mol. The molecule has 1 aromatic heterocycles. The molecule has 0 atom stereocenters. The molecule has 0 spiro atoms. The molecule has 0 aliphatic carbocycles. The molecule has 0 bridgehead atoms. The van der Waals surface area contributed by atoms with Crippen LogP contribution in [0.15, 0.2) is 39.8 Å². The fourth-order valence-electron chi connectivity index (χ4n) is 1.59. The standard InChI is InChI=1S/C12H10BrFIN3O2S/c1-16-12-11(4-7(13)6-17-12)21(19,20)18-10-3-2-8(14)5-9(10)15/h2-6,18H,1H3,(H,16,17). The Bertz CT molecular complexity index is 786. The van der Waals surface area contributed by atoms with E-state index in [2.05, 4.69) is 31.0 Å². The van der Waals surface area contributed by atoms with E-state index in [4.69, 9.17) is 0 Å². The lowest BCUT2D eigenvalue weighted by Crippen LogP contribution is -2.16. The number of benzene rings is 1. The van der Waals surface area contributed by atoms with Gasteiger partial charge in [-0.05, 0) is 62.8 Å². The van der Waals surface area contributed by atoms with Crippen LogP contribution in [0.25, 0.3) is 0 Å². The second-order valence-electron chi connectivity index (χ2n) is 3.98. The van der Waals surface area contributed by atoms with Gasteiger partial charge in [-0.2, -0.15) is 0 Å². The molecule has 0 amide bonds. The molecule has 5 nitrogen and oxygen atoms in total. The van der Waals surface area contributed by atoms with E-state index >= 15 is 0 Å². The second kappa shape index (κ2) is 6.44. The van der Waals surface area contributed by atoms with Crippen molar-refractivity contribution in [1.82, 2.24) is 4.98 Å². The summed E-state index contributed by atoms with van der Waals surface area (Å²) in [6, 6.07) is 5.26. The van der Waals surface area contributed by atoms with Crippen LogP contribution in [0.1, 0.15) is 0 Å². The normalized spacial score (nSPS) is 11.2. The van der Waals surface area contributed by atoms with Crippen LogP contribution in [-0.2, 0) is 10.0 Å². The van der Waals surface area contributed by atoms with Crippen molar-refractivity contribution in [3.8, 4) is 0 Å². The molecule has 21 heavy (non-hydrogen) atoms. The summed E-state index contributed by atoms with van der Waals surface area (Å²) in [6.07, 6.45) is 1.49. The Morgan fingerprint density at radius 1 is 1.33 bits per heavy atom. The predicted molar refractivity (Wildman–Crippen MR) is 91.4 cm³/mol. The summed E-state index contributed by atoms with van der Waals surface area (Å²) in [4.78, 5) is 4.00. The van der Waals surface area contributed by atoms with Crippen LogP contribution in [0.2, 0.25) is 0 Å². The number of halogens is 3. The van der Waals surface area contributed by atoms with Gasteiger partial charge in [0.1, 0.15) is 16.5 Å². The van der Waals surface area contributed by atoms with Crippen molar-refractivity contribution >= 4 is 60.0 Å². The Balaban J connectivity index is 2.45. The van der Waals surface area contributed by atoms with Gasteiger partial charge in [-0.25, -0.2) is 17.8 Å². The third kappa shape index (κ3) is 3.83. The first-order valence-electron chi connectivity index (χ1n) is 5.64. The van der Waals surface area contributed by atoms with Crippen molar-refractivity contribution in [2.45, 2.75) is 4.90 Å². The molecule has 112 valence electrons. The van der Waals surface area contributed by atoms with Gasteiger partial charge in [0.25, 0.3) is 10.0 Å². The van der Waals surface area contributed by atoms with Crippen LogP contribution in [0.3, 0.4) is 0 Å². The zero-order valence-corrected chi connectivity index (χ0v) is 15.3. The molecule has 0 aliphatic rings. The number of aromatic nitrogens is 1. The van der Waals surface area contributed by atoms with Gasteiger partial charge >= 0.3 is 0 Å². The van der Waals surface area contributed by atoms with Crippen LogP contribution in [-0.4, -0.2) is 20.4 Å². The number of sulfonamides is 1. The quantitative estimate of drug-likeness (QED) is 0.651. The molecule has 2 rings (SSSR count). The van der Waals surface area contributed by atoms with E-state index in [1.807, 2.05) is 22.6 Å². The predicted octanol–water partition coefficient (Wildman–Crippen LogP) is 3.43. The number of pyridine rings is 1. The zero-order valence-electron chi connectivity index (χ0n) is 10.7. The maximum atomic E-state index is 13.1. The molecule has 1 heterocycles. The lowest BCUT2D eigenvalue weighted by Gasteiger charge is -2.12. The molecule has 2 N–H and O–H groups in total. The van der Waals surface area contributed by atoms with Crippen molar-refractivity contribution in [3.63, 3.8) is 0 Å². The molecule has 2 aromatic rings. The highest BCUT2D eigenvalue weighted by Gasteiger charge is 2.21. The van der Waals surface area contributed by atoms with Crippen LogP contribution >= 0.6 is 38.5 Å². The summed E-state index contributed by atoms with van der Waals surface area (Å²) in [5.41, 5.74) is 0.305. The number of rotatable bonds is 4. The van der Waals surface area contributed by atoms with Gasteiger partial charge in [0.05, 0.1) is 5.69 Å². The number of nitrogens with one attached hydrogen (secondary N) is 2. The number of hydrogen-bond donors (Lipinski definition) is 2.